The molecule has 0 aliphatic heterocycles. The Morgan fingerprint density at radius 1 is 1.24 bits per heavy atom. The summed E-state index contributed by atoms with van der Waals surface area (Å²) in [5.74, 6) is -0.259. The summed E-state index contributed by atoms with van der Waals surface area (Å²) in [5.41, 5.74) is 0.532. The molecule has 0 atom stereocenters. The van der Waals surface area contributed by atoms with Crippen molar-refractivity contribution in [2.45, 2.75) is 27.2 Å². The van der Waals surface area contributed by atoms with Crippen LogP contribution in [-0.4, -0.2) is 29.9 Å². The molecule has 0 radical (unpaired) electrons. The van der Waals surface area contributed by atoms with Gasteiger partial charge in [-0.1, -0.05) is 26.8 Å². The smallest absolute Gasteiger partial charge is 0.252 e. The molecule has 0 aliphatic rings. The molecule has 2 N–H and O–H groups in total. The highest BCUT2D eigenvalue weighted by Gasteiger charge is 2.06. The monoisotopic (exact) mass is 289 g/mol. The fraction of sp³-hybridized carbons (Fsp3) is 0.438. The van der Waals surface area contributed by atoms with E-state index >= 15 is 0 Å². The summed E-state index contributed by atoms with van der Waals surface area (Å²) in [4.78, 5) is 27.1. The minimum atomic E-state index is -0.151. The van der Waals surface area contributed by atoms with Gasteiger partial charge in [-0.15, -0.1) is 0 Å². The molecule has 1 rings (SSSR count). The van der Waals surface area contributed by atoms with Gasteiger partial charge in [-0.3, -0.25) is 14.6 Å². The van der Waals surface area contributed by atoms with Crippen molar-refractivity contribution < 1.29 is 9.59 Å². The van der Waals surface area contributed by atoms with Gasteiger partial charge in [0, 0.05) is 25.5 Å². The molecule has 1 heterocycles. The van der Waals surface area contributed by atoms with Crippen molar-refractivity contribution in [2.75, 3.05) is 13.1 Å². The molecule has 1 aromatic heterocycles. The maximum Gasteiger partial charge on any atom is 0.252 e. The number of hydrogen-bond acceptors (Lipinski definition) is 3. The number of carbonyl (C=O) groups excluding carboxylic acids is 2. The molecule has 0 fully saturated rings. The highest BCUT2D eigenvalue weighted by atomic mass is 16.2. The number of carbonyl (C=O) groups is 2. The number of nitrogens with zero attached hydrogens (tertiary/aromatic N) is 1. The quantitative estimate of drug-likeness (QED) is 0.621. The molecule has 2 amide bonds. The zero-order valence-electron chi connectivity index (χ0n) is 12.8. The number of nitrogens with one attached hydrogen (secondary N) is 2. The van der Waals surface area contributed by atoms with Crippen LogP contribution in [0.4, 0.5) is 0 Å². The second kappa shape index (κ2) is 8.19. The highest BCUT2D eigenvalue weighted by Crippen LogP contribution is 2.13. The lowest BCUT2D eigenvalue weighted by atomic mass is 9.96. The summed E-state index contributed by atoms with van der Waals surface area (Å²) in [6, 6.07) is 3.43. The van der Waals surface area contributed by atoms with Crippen LogP contribution in [0.2, 0.25) is 0 Å². The van der Waals surface area contributed by atoms with Crippen molar-refractivity contribution >= 4 is 11.8 Å². The lowest BCUT2D eigenvalue weighted by molar-refractivity contribution is -0.116. The predicted octanol–water partition coefficient (Wildman–Crippen LogP) is 1.92. The Bertz CT molecular complexity index is 490. The molecule has 0 saturated heterocycles. The fourth-order valence-corrected chi connectivity index (χ4v) is 1.49. The van der Waals surface area contributed by atoms with Gasteiger partial charge in [-0.2, -0.15) is 0 Å². The van der Waals surface area contributed by atoms with E-state index in [1.807, 2.05) is 26.8 Å². The number of amides is 2. The van der Waals surface area contributed by atoms with Crippen molar-refractivity contribution in [1.82, 2.24) is 15.6 Å². The number of aromatic nitrogens is 1. The lowest BCUT2D eigenvalue weighted by Crippen LogP contribution is -2.29. The van der Waals surface area contributed by atoms with Crippen molar-refractivity contribution in [3.05, 3.63) is 42.2 Å². The molecule has 0 bridgehead atoms. The SMILES string of the molecule is CC(C)(C)/C=C/C(=O)NCCCNC(=O)c1cccnc1. The van der Waals surface area contributed by atoms with Crippen LogP contribution in [0.25, 0.3) is 0 Å². The Morgan fingerprint density at radius 3 is 2.57 bits per heavy atom. The van der Waals surface area contributed by atoms with Crippen LogP contribution in [0.3, 0.4) is 0 Å². The first-order valence-electron chi connectivity index (χ1n) is 7.04. The van der Waals surface area contributed by atoms with Gasteiger partial charge in [0.1, 0.15) is 0 Å². The Labute approximate surface area is 125 Å². The van der Waals surface area contributed by atoms with Gasteiger partial charge in [-0.05, 0) is 30.0 Å². The molecule has 114 valence electrons. The van der Waals surface area contributed by atoms with E-state index < -0.39 is 0 Å². The molecule has 5 nitrogen and oxygen atoms in total. The van der Waals surface area contributed by atoms with E-state index in [9.17, 15) is 9.59 Å². The molecule has 0 aliphatic carbocycles. The molecular weight excluding hydrogens is 266 g/mol. The molecule has 0 saturated carbocycles. The van der Waals surface area contributed by atoms with Gasteiger partial charge < -0.3 is 10.6 Å². The molecule has 0 unspecified atom stereocenters. The lowest BCUT2D eigenvalue weighted by Gasteiger charge is -2.11. The Balaban J connectivity index is 2.16. The van der Waals surface area contributed by atoms with Crippen LogP contribution in [0.5, 0.6) is 0 Å². The maximum absolute atomic E-state index is 11.7. The number of rotatable bonds is 6. The molecule has 21 heavy (non-hydrogen) atoms. The zero-order valence-corrected chi connectivity index (χ0v) is 12.8. The van der Waals surface area contributed by atoms with Crippen LogP contribution >= 0.6 is 0 Å². The summed E-state index contributed by atoms with van der Waals surface area (Å²) >= 11 is 0. The largest absolute Gasteiger partial charge is 0.352 e. The highest BCUT2D eigenvalue weighted by molar-refractivity contribution is 5.93. The molecule has 0 aromatic carbocycles. The standard InChI is InChI=1S/C16H23N3O2/c1-16(2,3)8-7-14(20)18-10-5-11-19-15(21)13-6-4-9-17-12-13/h4,6-9,12H,5,10-11H2,1-3H3,(H,18,20)(H,19,21)/b8-7+. The van der Waals surface area contributed by atoms with Crippen LogP contribution in [0.15, 0.2) is 36.7 Å². The fourth-order valence-electron chi connectivity index (χ4n) is 1.49. The Morgan fingerprint density at radius 2 is 1.95 bits per heavy atom. The Kier molecular flexibility index (Phi) is 6.59. The summed E-state index contributed by atoms with van der Waals surface area (Å²) in [5, 5.41) is 5.56. The summed E-state index contributed by atoms with van der Waals surface area (Å²) in [7, 11) is 0. The van der Waals surface area contributed by atoms with Gasteiger partial charge in [0.15, 0.2) is 0 Å². The van der Waals surface area contributed by atoms with Crippen LogP contribution < -0.4 is 10.6 Å². The van der Waals surface area contributed by atoms with Gasteiger partial charge in [-0.25, -0.2) is 0 Å². The summed E-state index contributed by atoms with van der Waals surface area (Å²) < 4.78 is 0. The normalized spacial score (nSPS) is 11.4. The predicted molar refractivity (Wildman–Crippen MR) is 82.8 cm³/mol. The first-order valence-corrected chi connectivity index (χ1v) is 7.04. The van der Waals surface area contributed by atoms with Crippen LogP contribution in [0, 0.1) is 5.41 Å². The number of pyridine rings is 1. The van der Waals surface area contributed by atoms with Crippen molar-refractivity contribution in [3.8, 4) is 0 Å². The second-order valence-corrected chi connectivity index (χ2v) is 5.84. The first kappa shape index (κ1) is 16.9. The van der Waals surface area contributed by atoms with E-state index in [0.717, 1.165) is 0 Å². The van der Waals surface area contributed by atoms with Gasteiger partial charge >= 0.3 is 0 Å². The van der Waals surface area contributed by atoms with E-state index in [2.05, 4.69) is 15.6 Å². The van der Waals surface area contributed by atoms with E-state index in [1.54, 1.807) is 24.4 Å². The van der Waals surface area contributed by atoms with Crippen LogP contribution in [0.1, 0.15) is 37.6 Å². The average Bonchev–Trinajstić information content (AvgIpc) is 2.44. The van der Waals surface area contributed by atoms with Crippen molar-refractivity contribution in [2.24, 2.45) is 5.41 Å². The molecule has 0 spiro atoms. The third-order valence-corrected chi connectivity index (χ3v) is 2.60. The van der Waals surface area contributed by atoms with Gasteiger partial charge in [0.05, 0.1) is 5.56 Å². The summed E-state index contributed by atoms with van der Waals surface area (Å²) in [6.07, 6.45) is 7.24. The van der Waals surface area contributed by atoms with E-state index in [0.29, 0.717) is 25.1 Å². The maximum atomic E-state index is 11.7. The number of hydrogen-bond donors (Lipinski definition) is 2. The number of allylic oxidation sites excluding steroid dienone is 1. The average molecular weight is 289 g/mol. The van der Waals surface area contributed by atoms with Gasteiger partial charge in [0.25, 0.3) is 5.91 Å². The van der Waals surface area contributed by atoms with Crippen molar-refractivity contribution in [1.29, 1.82) is 0 Å². The third-order valence-electron chi connectivity index (χ3n) is 2.60. The third kappa shape index (κ3) is 7.87. The second-order valence-electron chi connectivity index (χ2n) is 5.84. The molecular formula is C16H23N3O2. The first-order chi connectivity index (χ1) is 9.88. The molecule has 5 heteroatoms. The summed E-state index contributed by atoms with van der Waals surface area (Å²) in [6.45, 7) is 7.14. The minimum absolute atomic E-state index is 0.00493. The van der Waals surface area contributed by atoms with E-state index in [4.69, 9.17) is 0 Å². The van der Waals surface area contributed by atoms with Crippen LogP contribution in [-0.2, 0) is 4.79 Å². The minimum Gasteiger partial charge on any atom is -0.352 e. The van der Waals surface area contributed by atoms with E-state index in [1.165, 1.54) is 6.20 Å². The van der Waals surface area contributed by atoms with Gasteiger partial charge in [0.2, 0.25) is 5.91 Å². The Hall–Kier alpha value is -2.17. The molecule has 1 aromatic rings. The van der Waals surface area contributed by atoms with Crippen molar-refractivity contribution in [3.63, 3.8) is 0 Å². The topological polar surface area (TPSA) is 71.1 Å². The zero-order chi connectivity index (χ0) is 15.7. The van der Waals surface area contributed by atoms with E-state index in [-0.39, 0.29) is 17.2 Å².